The molecule has 2 aromatic heterocycles. The lowest BCUT2D eigenvalue weighted by atomic mass is 10.1. The van der Waals surface area contributed by atoms with Gasteiger partial charge in [0, 0.05) is 11.9 Å². The number of hydrogen-bond acceptors (Lipinski definition) is 6. The van der Waals surface area contributed by atoms with E-state index in [-0.39, 0.29) is 0 Å². The lowest BCUT2D eigenvalue weighted by molar-refractivity contribution is 0.306. The molecule has 138 valence electrons. The first-order valence-electron chi connectivity index (χ1n) is 8.97. The number of rotatable bonds is 6. The smallest absolute Gasteiger partial charge is 0.204 e. The summed E-state index contributed by atoms with van der Waals surface area (Å²) < 4.78 is 7.64. The van der Waals surface area contributed by atoms with E-state index in [0.29, 0.717) is 23.9 Å². The highest BCUT2D eigenvalue weighted by Crippen LogP contribution is 2.34. The van der Waals surface area contributed by atoms with Gasteiger partial charge in [-0.05, 0) is 40.1 Å². The van der Waals surface area contributed by atoms with Gasteiger partial charge in [0.15, 0.2) is 0 Å². The van der Waals surface area contributed by atoms with Gasteiger partial charge in [0.25, 0.3) is 0 Å². The van der Waals surface area contributed by atoms with Crippen LogP contribution in [0.2, 0.25) is 0 Å². The molecule has 7 heteroatoms. The van der Waals surface area contributed by atoms with Gasteiger partial charge in [-0.1, -0.05) is 44.2 Å². The predicted octanol–water partition coefficient (Wildman–Crippen LogP) is 3.51. The van der Waals surface area contributed by atoms with Crippen molar-refractivity contribution in [3.8, 4) is 5.75 Å². The fraction of sp³-hybridized carbons (Fsp3) is 0.250. The van der Waals surface area contributed by atoms with Crippen LogP contribution in [-0.2, 0) is 6.61 Å². The third kappa shape index (κ3) is 3.36. The third-order valence-corrected chi connectivity index (χ3v) is 4.38. The van der Waals surface area contributed by atoms with E-state index < -0.39 is 0 Å². The Morgan fingerprint density at radius 1 is 1.15 bits per heavy atom. The third-order valence-electron chi connectivity index (χ3n) is 4.38. The van der Waals surface area contributed by atoms with Crippen LogP contribution in [0.3, 0.4) is 0 Å². The van der Waals surface area contributed by atoms with Crippen molar-refractivity contribution >= 4 is 27.9 Å². The van der Waals surface area contributed by atoms with Gasteiger partial charge in [-0.25, -0.2) is 0 Å². The number of aromatic nitrogens is 4. The molecule has 2 aromatic carbocycles. The summed E-state index contributed by atoms with van der Waals surface area (Å²) in [6.45, 7) is 5.60. The minimum absolute atomic E-state index is 0.476. The van der Waals surface area contributed by atoms with Crippen LogP contribution >= 0.6 is 0 Å². The standard InChI is InChI=1S/C20H22N6O/c1-13(2)11-22-19-16-10-15(27-12-14-6-4-3-5-7-14)8-9-17(16)26-20(18(19)21)23-24-25-26/h3-10,13,22H,11-12,21H2,1-2H3. The molecule has 0 saturated heterocycles. The van der Waals surface area contributed by atoms with Crippen LogP contribution in [-0.4, -0.2) is 26.6 Å². The number of nitrogen functional groups attached to an aromatic ring is 1. The first kappa shape index (κ1) is 17.1. The van der Waals surface area contributed by atoms with Gasteiger partial charge in [-0.15, -0.1) is 5.10 Å². The lowest BCUT2D eigenvalue weighted by Crippen LogP contribution is -2.11. The van der Waals surface area contributed by atoms with Crippen LogP contribution in [0.5, 0.6) is 5.75 Å². The molecule has 27 heavy (non-hydrogen) atoms. The molecule has 0 fully saturated rings. The summed E-state index contributed by atoms with van der Waals surface area (Å²) in [5.41, 5.74) is 10.3. The summed E-state index contributed by atoms with van der Waals surface area (Å²) in [5, 5.41) is 16.3. The Hall–Kier alpha value is -3.35. The molecule has 0 spiro atoms. The molecule has 0 aliphatic heterocycles. The SMILES string of the molecule is CC(C)CNc1c(N)c2nnnn2c2ccc(OCc3ccccc3)cc12. The molecule has 0 radical (unpaired) electrons. The van der Waals surface area contributed by atoms with Gasteiger partial charge in [0.1, 0.15) is 18.0 Å². The fourth-order valence-electron chi connectivity index (χ4n) is 3.00. The zero-order valence-electron chi connectivity index (χ0n) is 15.4. The van der Waals surface area contributed by atoms with Gasteiger partial charge < -0.3 is 15.8 Å². The van der Waals surface area contributed by atoms with Crippen molar-refractivity contribution < 1.29 is 4.74 Å². The second kappa shape index (κ2) is 7.11. The lowest BCUT2D eigenvalue weighted by Gasteiger charge is -2.16. The molecule has 0 aliphatic rings. The molecule has 4 aromatic rings. The Balaban J connectivity index is 1.75. The first-order chi connectivity index (χ1) is 13.1. The Morgan fingerprint density at radius 3 is 2.74 bits per heavy atom. The van der Waals surface area contributed by atoms with E-state index in [1.807, 2.05) is 48.5 Å². The number of nitrogens with two attached hydrogens (primary N) is 1. The van der Waals surface area contributed by atoms with Crippen LogP contribution < -0.4 is 15.8 Å². The topological polar surface area (TPSA) is 90.4 Å². The first-order valence-corrected chi connectivity index (χ1v) is 8.97. The summed E-state index contributed by atoms with van der Waals surface area (Å²) in [6, 6.07) is 15.9. The molecular formula is C20H22N6O. The number of tetrazole rings is 1. The number of hydrogen-bond donors (Lipinski definition) is 2. The molecule has 0 saturated carbocycles. The van der Waals surface area contributed by atoms with Crippen LogP contribution in [0.1, 0.15) is 19.4 Å². The van der Waals surface area contributed by atoms with Crippen molar-refractivity contribution in [1.82, 2.24) is 20.0 Å². The van der Waals surface area contributed by atoms with Gasteiger partial charge in [0.2, 0.25) is 5.65 Å². The van der Waals surface area contributed by atoms with E-state index in [0.717, 1.165) is 34.4 Å². The Kier molecular flexibility index (Phi) is 4.50. The van der Waals surface area contributed by atoms with Crippen molar-refractivity contribution in [3.05, 3.63) is 54.1 Å². The highest BCUT2D eigenvalue weighted by atomic mass is 16.5. The van der Waals surface area contributed by atoms with Crippen LogP contribution in [0.15, 0.2) is 48.5 Å². The second-order valence-corrected chi connectivity index (χ2v) is 6.93. The summed E-state index contributed by atoms with van der Waals surface area (Å²) in [5.74, 6) is 1.25. The average Bonchev–Trinajstić information content (AvgIpc) is 3.17. The predicted molar refractivity (Wildman–Crippen MR) is 107 cm³/mol. The molecule has 0 bridgehead atoms. The maximum atomic E-state index is 6.36. The van der Waals surface area contributed by atoms with E-state index in [9.17, 15) is 0 Å². The molecule has 4 rings (SSSR count). The summed E-state index contributed by atoms with van der Waals surface area (Å²) in [6.07, 6.45) is 0. The van der Waals surface area contributed by atoms with Crippen molar-refractivity contribution in [3.63, 3.8) is 0 Å². The zero-order valence-corrected chi connectivity index (χ0v) is 15.4. The number of fused-ring (bicyclic) bond motifs is 3. The normalized spacial score (nSPS) is 11.4. The maximum Gasteiger partial charge on any atom is 0.204 e. The maximum absolute atomic E-state index is 6.36. The molecular weight excluding hydrogens is 340 g/mol. The van der Waals surface area contributed by atoms with E-state index in [1.54, 1.807) is 4.52 Å². The minimum Gasteiger partial charge on any atom is -0.489 e. The summed E-state index contributed by atoms with van der Waals surface area (Å²) in [7, 11) is 0. The van der Waals surface area contributed by atoms with Crippen molar-refractivity contribution in [2.24, 2.45) is 5.92 Å². The fourth-order valence-corrected chi connectivity index (χ4v) is 3.00. The number of benzene rings is 2. The Bertz CT molecular complexity index is 1070. The number of nitrogens with one attached hydrogen (secondary N) is 1. The van der Waals surface area contributed by atoms with Gasteiger partial charge in [-0.3, -0.25) is 0 Å². The van der Waals surface area contributed by atoms with E-state index in [1.165, 1.54) is 0 Å². The number of nitrogens with zero attached hydrogens (tertiary/aromatic N) is 4. The summed E-state index contributed by atoms with van der Waals surface area (Å²) in [4.78, 5) is 0. The number of ether oxygens (including phenoxy) is 1. The molecule has 3 N–H and O–H groups in total. The monoisotopic (exact) mass is 362 g/mol. The van der Waals surface area contributed by atoms with Crippen molar-refractivity contribution in [2.45, 2.75) is 20.5 Å². The van der Waals surface area contributed by atoms with Crippen molar-refractivity contribution in [1.29, 1.82) is 0 Å². The Morgan fingerprint density at radius 2 is 1.96 bits per heavy atom. The number of pyridine rings is 1. The highest BCUT2D eigenvalue weighted by molar-refractivity contribution is 6.02. The molecule has 7 nitrogen and oxygen atoms in total. The zero-order chi connectivity index (χ0) is 18.8. The molecule has 2 heterocycles. The molecule has 0 aliphatic carbocycles. The Labute approximate surface area is 157 Å². The quantitative estimate of drug-likeness (QED) is 0.545. The van der Waals surface area contributed by atoms with Crippen LogP contribution in [0, 0.1) is 5.92 Å². The average molecular weight is 362 g/mol. The van der Waals surface area contributed by atoms with Crippen molar-refractivity contribution in [2.75, 3.05) is 17.6 Å². The van der Waals surface area contributed by atoms with E-state index in [2.05, 4.69) is 34.7 Å². The molecule has 0 amide bonds. The number of anilines is 2. The minimum atomic E-state index is 0.476. The molecule has 0 unspecified atom stereocenters. The van der Waals surface area contributed by atoms with Gasteiger partial charge >= 0.3 is 0 Å². The van der Waals surface area contributed by atoms with E-state index in [4.69, 9.17) is 10.5 Å². The largest absolute Gasteiger partial charge is 0.489 e. The van der Waals surface area contributed by atoms with E-state index >= 15 is 0 Å². The van der Waals surface area contributed by atoms with Gasteiger partial charge in [0.05, 0.1) is 11.2 Å². The second-order valence-electron chi connectivity index (χ2n) is 6.93. The van der Waals surface area contributed by atoms with Crippen LogP contribution in [0.25, 0.3) is 16.6 Å². The summed E-state index contributed by atoms with van der Waals surface area (Å²) >= 11 is 0. The highest BCUT2D eigenvalue weighted by Gasteiger charge is 2.16. The van der Waals surface area contributed by atoms with Gasteiger partial charge in [-0.2, -0.15) is 4.52 Å². The molecule has 0 atom stereocenters. The van der Waals surface area contributed by atoms with Crippen LogP contribution in [0.4, 0.5) is 11.4 Å².